The number of likely N-dealkylation sites (N-methyl/N-ethyl adjacent to an activating group) is 2. The maximum absolute atomic E-state index is 2.28. The second-order valence-electron chi connectivity index (χ2n) is 3.65. The van der Waals surface area contributed by atoms with Crippen molar-refractivity contribution in [2.75, 3.05) is 28.2 Å². The van der Waals surface area contributed by atoms with Crippen LogP contribution in [0.4, 0.5) is 0 Å². The Balaban J connectivity index is 2.55. The van der Waals surface area contributed by atoms with Gasteiger partial charge in [0.15, 0.2) is 0 Å². The number of rotatable bonds is 2. The molecule has 12 heavy (non-hydrogen) atoms. The van der Waals surface area contributed by atoms with E-state index < -0.39 is 0 Å². The lowest BCUT2D eigenvalue weighted by molar-refractivity contribution is 0.340. The third-order valence-electron chi connectivity index (χ3n) is 2.24. The van der Waals surface area contributed by atoms with E-state index in [2.05, 4.69) is 56.2 Å². The van der Waals surface area contributed by atoms with Crippen molar-refractivity contribution in [1.29, 1.82) is 0 Å². The van der Waals surface area contributed by atoms with Gasteiger partial charge in [-0.05, 0) is 26.6 Å². The lowest BCUT2D eigenvalue weighted by Crippen LogP contribution is -2.27. The lowest BCUT2D eigenvalue weighted by Gasteiger charge is -2.25. The molecule has 1 atom stereocenters. The van der Waals surface area contributed by atoms with Gasteiger partial charge in [0.25, 0.3) is 0 Å². The molecule has 0 heterocycles. The molecule has 2 nitrogen and oxygen atoms in total. The fourth-order valence-electron chi connectivity index (χ4n) is 1.31. The van der Waals surface area contributed by atoms with Gasteiger partial charge in [0.05, 0.1) is 0 Å². The van der Waals surface area contributed by atoms with Gasteiger partial charge >= 0.3 is 0 Å². The summed E-state index contributed by atoms with van der Waals surface area (Å²) in [5, 5.41) is 0. The summed E-state index contributed by atoms with van der Waals surface area (Å²) in [7, 11) is 8.38. The highest BCUT2D eigenvalue weighted by molar-refractivity contribution is 5.23. The zero-order valence-corrected chi connectivity index (χ0v) is 8.41. The van der Waals surface area contributed by atoms with Crippen molar-refractivity contribution in [3.63, 3.8) is 0 Å². The first-order valence-corrected chi connectivity index (χ1v) is 4.33. The molecule has 1 aliphatic carbocycles. The van der Waals surface area contributed by atoms with E-state index in [1.54, 1.807) is 0 Å². The summed E-state index contributed by atoms with van der Waals surface area (Å²) in [5.74, 6) is 0. The maximum atomic E-state index is 2.28. The van der Waals surface area contributed by atoms with Gasteiger partial charge < -0.3 is 9.80 Å². The Morgan fingerprint density at radius 3 is 2.25 bits per heavy atom. The highest BCUT2D eigenvalue weighted by Gasteiger charge is 2.10. The Labute approximate surface area is 75.2 Å². The molecule has 0 bridgehead atoms. The smallest absolute Gasteiger partial charge is 0.0318 e. The molecule has 68 valence electrons. The summed E-state index contributed by atoms with van der Waals surface area (Å²) in [5.41, 5.74) is 1.31. The molecule has 0 radical (unpaired) electrons. The largest absolute Gasteiger partial charge is 0.378 e. The molecule has 1 rings (SSSR count). The van der Waals surface area contributed by atoms with Crippen LogP contribution in [0, 0.1) is 0 Å². The van der Waals surface area contributed by atoms with E-state index in [0.717, 1.165) is 6.42 Å². The SMILES string of the molecule is CN(C)C1=CCC(N(C)C)C=C1. The summed E-state index contributed by atoms with van der Waals surface area (Å²) < 4.78 is 0. The van der Waals surface area contributed by atoms with Crippen LogP contribution in [0.3, 0.4) is 0 Å². The van der Waals surface area contributed by atoms with Crippen molar-refractivity contribution in [1.82, 2.24) is 9.80 Å². The fourth-order valence-corrected chi connectivity index (χ4v) is 1.31. The highest BCUT2D eigenvalue weighted by Crippen LogP contribution is 2.14. The number of hydrogen-bond donors (Lipinski definition) is 0. The molecule has 0 saturated carbocycles. The second kappa shape index (κ2) is 3.76. The van der Waals surface area contributed by atoms with Crippen molar-refractivity contribution >= 4 is 0 Å². The average Bonchev–Trinajstić information content (AvgIpc) is 2.04. The van der Waals surface area contributed by atoms with Crippen molar-refractivity contribution in [2.45, 2.75) is 12.5 Å². The minimum Gasteiger partial charge on any atom is -0.378 e. The molecule has 0 N–H and O–H groups in total. The predicted molar refractivity (Wildman–Crippen MR) is 53.0 cm³/mol. The molecule has 0 fully saturated rings. The van der Waals surface area contributed by atoms with E-state index in [4.69, 9.17) is 0 Å². The van der Waals surface area contributed by atoms with Crippen LogP contribution in [-0.2, 0) is 0 Å². The summed E-state index contributed by atoms with van der Waals surface area (Å²) >= 11 is 0. The molecule has 0 aromatic carbocycles. The molecule has 0 aromatic rings. The number of nitrogens with zero attached hydrogens (tertiary/aromatic N) is 2. The van der Waals surface area contributed by atoms with Crippen LogP contribution in [-0.4, -0.2) is 44.0 Å². The van der Waals surface area contributed by atoms with Gasteiger partial charge in [-0.15, -0.1) is 0 Å². The minimum atomic E-state index is 0.577. The molecule has 0 amide bonds. The standard InChI is InChI=1S/C10H18N2/c1-11(2)9-5-7-10(8-6-9)12(3)4/h5-7,10H,8H2,1-4H3. The predicted octanol–water partition coefficient (Wildman–Crippen LogP) is 1.32. The topological polar surface area (TPSA) is 6.48 Å². The molecule has 1 aliphatic rings. The zero-order chi connectivity index (χ0) is 9.14. The first-order chi connectivity index (χ1) is 5.61. The quantitative estimate of drug-likeness (QED) is 0.610. The van der Waals surface area contributed by atoms with Gasteiger partial charge in [-0.25, -0.2) is 0 Å². The van der Waals surface area contributed by atoms with Gasteiger partial charge in [0.1, 0.15) is 0 Å². The van der Waals surface area contributed by atoms with Crippen LogP contribution in [0.2, 0.25) is 0 Å². The maximum Gasteiger partial charge on any atom is 0.0318 e. The van der Waals surface area contributed by atoms with E-state index in [1.165, 1.54) is 5.70 Å². The fraction of sp³-hybridized carbons (Fsp3) is 0.600. The normalized spacial score (nSPS) is 22.8. The number of hydrogen-bond acceptors (Lipinski definition) is 2. The summed E-state index contributed by atoms with van der Waals surface area (Å²) in [4.78, 5) is 4.38. The minimum absolute atomic E-state index is 0.577. The van der Waals surface area contributed by atoms with Crippen LogP contribution < -0.4 is 0 Å². The Kier molecular flexibility index (Phi) is 2.93. The summed E-state index contributed by atoms with van der Waals surface area (Å²) in [6, 6.07) is 0.577. The first-order valence-electron chi connectivity index (χ1n) is 4.33. The van der Waals surface area contributed by atoms with Crippen molar-refractivity contribution in [3.05, 3.63) is 23.9 Å². The third-order valence-corrected chi connectivity index (χ3v) is 2.24. The number of allylic oxidation sites excluding steroid dienone is 1. The monoisotopic (exact) mass is 166 g/mol. The third kappa shape index (κ3) is 2.11. The molecule has 0 saturated heterocycles. The van der Waals surface area contributed by atoms with Gasteiger partial charge in [0, 0.05) is 25.8 Å². The molecule has 0 spiro atoms. The second-order valence-corrected chi connectivity index (χ2v) is 3.65. The van der Waals surface area contributed by atoms with E-state index in [9.17, 15) is 0 Å². The Bertz CT molecular complexity index is 202. The van der Waals surface area contributed by atoms with Gasteiger partial charge in [0.2, 0.25) is 0 Å². The molecular weight excluding hydrogens is 148 g/mol. The Morgan fingerprint density at radius 1 is 1.25 bits per heavy atom. The highest BCUT2D eigenvalue weighted by atomic mass is 15.1. The van der Waals surface area contributed by atoms with Gasteiger partial charge in [-0.1, -0.05) is 12.2 Å². The molecule has 1 unspecified atom stereocenters. The van der Waals surface area contributed by atoms with Crippen LogP contribution >= 0.6 is 0 Å². The van der Waals surface area contributed by atoms with Gasteiger partial charge in [-0.2, -0.15) is 0 Å². The van der Waals surface area contributed by atoms with Crippen molar-refractivity contribution < 1.29 is 0 Å². The van der Waals surface area contributed by atoms with E-state index >= 15 is 0 Å². The van der Waals surface area contributed by atoms with E-state index in [1.807, 2.05) is 0 Å². The van der Waals surface area contributed by atoms with E-state index in [-0.39, 0.29) is 0 Å². The van der Waals surface area contributed by atoms with Crippen LogP contribution in [0.25, 0.3) is 0 Å². The molecule has 0 aromatic heterocycles. The summed E-state index contributed by atoms with van der Waals surface area (Å²) in [6.07, 6.45) is 7.85. The van der Waals surface area contributed by atoms with E-state index in [0.29, 0.717) is 6.04 Å². The van der Waals surface area contributed by atoms with Crippen LogP contribution in [0.5, 0.6) is 0 Å². The van der Waals surface area contributed by atoms with Crippen LogP contribution in [0.1, 0.15) is 6.42 Å². The zero-order valence-electron chi connectivity index (χ0n) is 8.41. The first kappa shape index (κ1) is 9.33. The molecule has 0 aliphatic heterocycles. The summed E-state index contributed by atoms with van der Waals surface area (Å²) in [6.45, 7) is 0. The molecule has 2 heteroatoms. The average molecular weight is 166 g/mol. The molecular formula is C10H18N2. The Morgan fingerprint density at radius 2 is 1.92 bits per heavy atom. The Hall–Kier alpha value is -0.760. The van der Waals surface area contributed by atoms with Crippen molar-refractivity contribution in [2.24, 2.45) is 0 Å². The lowest BCUT2D eigenvalue weighted by atomic mass is 10.1. The van der Waals surface area contributed by atoms with Crippen LogP contribution in [0.15, 0.2) is 23.9 Å². The van der Waals surface area contributed by atoms with Gasteiger partial charge in [-0.3, -0.25) is 0 Å². The van der Waals surface area contributed by atoms with Crippen molar-refractivity contribution in [3.8, 4) is 0 Å².